The van der Waals surface area contributed by atoms with Gasteiger partial charge in [-0.3, -0.25) is 4.79 Å². The topological polar surface area (TPSA) is 83.9 Å². The highest BCUT2D eigenvalue weighted by atomic mass is 32.2. The highest BCUT2D eigenvalue weighted by Crippen LogP contribution is 2.21. The van der Waals surface area contributed by atoms with Crippen LogP contribution in [0, 0.1) is 0 Å². The van der Waals surface area contributed by atoms with Crippen molar-refractivity contribution in [1.82, 2.24) is 4.31 Å². The zero-order valence-electron chi connectivity index (χ0n) is 9.63. The van der Waals surface area contributed by atoms with Gasteiger partial charge in [0.1, 0.15) is 0 Å². The van der Waals surface area contributed by atoms with E-state index in [1.165, 1.54) is 11.2 Å². The van der Waals surface area contributed by atoms with Crippen LogP contribution in [0.3, 0.4) is 0 Å². The molecule has 1 atom stereocenters. The largest absolute Gasteiger partial charge is 0.480 e. The molecule has 0 bridgehead atoms. The Balaban J connectivity index is 2.88. The average molecular weight is 251 g/mol. The van der Waals surface area contributed by atoms with Gasteiger partial charge in [-0.15, -0.1) is 0 Å². The molecule has 0 aromatic heterocycles. The minimum absolute atomic E-state index is 0.187. The fourth-order valence-electron chi connectivity index (χ4n) is 1.54. The maximum Gasteiger partial charge on any atom is 0.323 e. The van der Waals surface area contributed by atoms with Gasteiger partial charge in [0.25, 0.3) is 0 Å². The monoisotopic (exact) mass is 251 g/mol. The van der Waals surface area contributed by atoms with Crippen LogP contribution in [0.5, 0.6) is 0 Å². The third kappa shape index (κ3) is 2.72. The number of nitrogens with zero attached hydrogens (tertiary/aromatic N) is 1. The number of rotatable bonds is 3. The van der Waals surface area contributed by atoms with Gasteiger partial charge in [-0.1, -0.05) is 0 Å². The Morgan fingerprint density at radius 1 is 1.50 bits per heavy atom. The number of carboxylic acid groups (broad SMARTS) is 1. The number of carbonyl (C=O) groups is 1. The number of sulfonamides is 1. The van der Waals surface area contributed by atoms with Gasteiger partial charge < -0.3 is 9.84 Å². The maximum absolute atomic E-state index is 11.9. The first-order chi connectivity index (χ1) is 7.17. The summed E-state index contributed by atoms with van der Waals surface area (Å²) < 4.78 is 30.4. The molecule has 1 unspecified atom stereocenters. The molecule has 0 saturated carbocycles. The van der Waals surface area contributed by atoms with E-state index in [9.17, 15) is 13.2 Å². The lowest BCUT2D eigenvalue weighted by Crippen LogP contribution is -2.53. The second kappa shape index (κ2) is 4.31. The molecule has 1 aliphatic heterocycles. The predicted molar refractivity (Wildman–Crippen MR) is 57.6 cm³/mol. The van der Waals surface area contributed by atoms with Gasteiger partial charge in [0.05, 0.1) is 12.2 Å². The quantitative estimate of drug-likeness (QED) is 0.757. The molecule has 1 heterocycles. The molecule has 0 aliphatic carbocycles. The van der Waals surface area contributed by atoms with E-state index >= 15 is 0 Å². The van der Waals surface area contributed by atoms with Crippen molar-refractivity contribution >= 4 is 16.0 Å². The Kier molecular flexibility index (Phi) is 3.61. The van der Waals surface area contributed by atoms with Crippen molar-refractivity contribution in [3.63, 3.8) is 0 Å². The first-order valence-corrected chi connectivity index (χ1v) is 6.53. The summed E-state index contributed by atoms with van der Waals surface area (Å²) in [4.78, 5) is 10.7. The van der Waals surface area contributed by atoms with Gasteiger partial charge in [-0.25, -0.2) is 8.42 Å². The molecule has 1 rings (SSSR count). The minimum Gasteiger partial charge on any atom is -0.480 e. The highest BCUT2D eigenvalue weighted by molar-refractivity contribution is 7.90. The van der Waals surface area contributed by atoms with Crippen molar-refractivity contribution in [2.75, 3.05) is 19.7 Å². The van der Waals surface area contributed by atoms with Crippen LogP contribution in [-0.4, -0.2) is 54.3 Å². The number of carboxylic acids is 1. The van der Waals surface area contributed by atoms with E-state index in [1.54, 1.807) is 13.8 Å². The van der Waals surface area contributed by atoms with Crippen LogP contribution in [0.25, 0.3) is 0 Å². The molecule has 0 radical (unpaired) electrons. The molecule has 1 fully saturated rings. The van der Waals surface area contributed by atoms with Gasteiger partial charge in [-0.2, -0.15) is 4.31 Å². The Morgan fingerprint density at radius 3 is 2.50 bits per heavy atom. The second-order valence-corrected chi connectivity index (χ2v) is 6.72. The van der Waals surface area contributed by atoms with Gasteiger partial charge in [0.2, 0.25) is 10.0 Å². The smallest absolute Gasteiger partial charge is 0.323 e. The van der Waals surface area contributed by atoms with Crippen molar-refractivity contribution < 1.29 is 23.1 Å². The normalized spacial score (nSPS) is 23.9. The summed E-state index contributed by atoms with van der Waals surface area (Å²) in [5.74, 6) is -1.33. The lowest BCUT2D eigenvalue weighted by atomic mass is 10.1. The van der Waals surface area contributed by atoms with Crippen LogP contribution < -0.4 is 0 Å². The third-order valence-electron chi connectivity index (χ3n) is 2.55. The molecule has 6 nitrogen and oxygen atoms in total. The fourth-order valence-corrected chi connectivity index (χ4v) is 3.06. The fraction of sp³-hybridized carbons (Fsp3) is 0.889. The molecule has 0 aromatic carbocycles. The predicted octanol–water partition coefficient (Wildman–Crippen LogP) is -0.0999. The van der Waals surface area contributed by atoms with Gasteiger partial charge in [0.15, 0.2) is 5.25 Å². The van der Waals surface area contributed by atoms with Crippen molar-refractivity contribution in [2.24, 2.45) is 0 Å². The Morgan fingerprint density at radius 2 is 2.06 bits per heavy atom. The molecule has 0 amide bonds. The molecule has 1 saturated heterocycles. The first kappa shape index (κ1) is 13.4. The summed E-state index contributed by atoms with van der Waals surface area (Å²) in [5.41, 5.74) is -0.566. The summed E-state index contributed by atoms with van der Waals surface area (Å²) in [6.07, 6.45) is 0. The summed E-state index contributed by atoms with van der Waals surface area (Å²) in [6, 6.07) is 0. The Hall–Kier alpha value is -0.660. The van der Waals surface area contributed by atoms with Crippen LogP contribution in [-0.2, 0) is 19.6 Å². The highest BCUT2D eigenvalue weighted by Gasteiger charge is 2.39. The van der Waals surface area contributed by atoms with Gasteiger partial charge >= 0.3 is 5.97 Å². The van der Waals surface area contributed by atoms with Gasteiger partial charge in [0, 0.05) is 13.1 Å². The number of morpholine rings is 1. The first-order valence-electron chi connectivity index (χ1n) is 5.02. The zero-order chi connectivity index (χ0) is 12.6. The molecule has 1 aliphatic rings. The van der Waals surface area contributed by atoms with E-state index in [1.807, 2.05) is 0 Å². The molecule has 0 spiro atoms. The van der Waals surface area contributed by atoms with Crippen molar-refractivity contribution in [1.29, 1.82) is 0 Å². The zero-order valence-corrected chi connectivity index (χ0v) is 10.5. The standard InChI is InChI=1S/C9H17NO5S/c1-7(8(11)12)16(13,14)10-4-5-15-9(2,3)6-10/h7H,4-6H2,1-3H3,(H,11,12). The molecule has 1 N–H and O–H groups in total. The average Bonchev–Trinajstić information content (AvgIpc) is 2.14. The van der Waals surface area contributed by atoms with Crippen LogP contribution in [0.4, 0.5) is 0 Å². The summed E-state index contributed by atoms with van der Waals surface area (Å²) in [7, 11) is -3.78. The minimum atomic E-state index is -3.78. The molecule has 94 valence electrons. The summed E-state index contributed by atoms with van der Waals surface area (Å²) >= 11 is 0. The number of ether oxygens (including phenoxy) is 1. The van der Waals surface area contributed by atoms with Gasteiger partial charge in [-0.05, 0) is 20.8 Å². The van der Waals surface area contributed by atoms with E-state index in [4.69, 9.17) is 9.84 Å². The number of hydrogen-bond acceptors (Lipinski definition) is 4. The molecular formula is C9H17NO5S. The van der Waals surface area contributed by atoms with Crippen LogP contribution in [0.2, 0.25) is 0 Å². The van der Waals surface area contributed by atoms with E-state index in [-0.39, 0.29) is 13.1 Å². The van der Waals surface area contributed by atoms with Crippen LogP contribution >= 0.6 is 0 Å². The molecule has 7 heteroatoms. The van der Waals surface area contributed by atoms with Crippen LogP contribution in [0.15, 0.2) is 0 Å². The SMILES string of the molecule is CC(C(=O)O)S(=O)(=O)N1CCOC(C)(C)C1. The Bertz CT molecular complexity index is 375. The van der Waals surface area contributed by atoms with E-state index < -0.39 is 26.8 Å². The molecule has 0 aromatic rings. The number of hydrogen-bond donors (Lipinski definition) is 1. The van der Waals surface area contributed by atoms with E-state index in [0.717, 1.165) is 0 Å². The van der Waals surface area contributed by atoms with Crippen LogP contribution in [0.1, 0.15) is 20.8 Å². The van der Waals surface area contributed by atoms with Crippen molar-refractivity contribution in [3.05, 3.63) is 0 Å². The maximum atomic E-state index is 11.9. The van der Waals surface area contributed by atoms with E-state index in [0.29, 0.717) is 6.61 Å². The second-order valence-electron chi connectivity index (χ2n) is 4.47. The van der Waals surface area contributed by atoms with E-state index in [2.05, 4.69) is 0 Å². The lowest BCUT2D eigenvalue weighted by Gasteiger charge is -2.37. The summed E-state index contributed by atoms with van der Waals surface area (Å²) in [5, 5.41) is 7.33. The molecular weight excluding hydrogens is 234 g/mol. The number of aliphatic carboxylic acids is 1. The lowest BCUT2D eigenvalue weighted by molar-refractivity contribution is -0.136. The Labute approximate surface area is 95.2 Å². The summed E-state index contributed by atoms with van der Waals surface area (Å²) in [6.45, 7) is 5.43. The third-order valence-corrected chi connectivity index (χ3v) is 4.67. The van der Waals surface area contributed by atoms with Crippen molar-refractivity contribution in [2.45, 2.75) is 31.6 Å². The van der Waals surface area contributed by atoms with Crippen molar-refractivity contribution in [3.8, 4) is 0 Å². The molecule has 16 heavy (non-hydrogen) atoms.